The summed E-state index contributed by atoms with van der Waals surface area (Å²) in [4.78, 5) is 0. The molecule has 0 amide bonds. The lowest BCUT2D eigenvalue weighted by Crippen LogP contribution is -2.41. The van der Waals surface area contributed by atoms with Gasteiger partial charge in [-0.25, -0.2) is 0 Å². The zero-order chi connectivity index (χ0) is 12.2. The van der Waals surface area contributed by atoms with Gasteiger partial charge >= 0.3 is 0 Å². The molecular formula is C15H24O. The van der Waals surface area contributed by atoms with Gasteiger partial charge in [0, 0.05) is 5.41 Å². The largest absolute Gasteiger partial charge is 0.392 e. The Hall–Kier alpha value is -0.820. The number of hydrogen-bond acceptors (Lipinski definition) is 1. The van der Waals surface area contributed by atoms with E-state index >= 15 is 0 Å². The second kappa shape index (κ2) is 5.49. The summed E-state index contributed by atoms with van der Waals surface area (Å²) in [6.07, 6.45) is 1.68. The van der Waals surface area contributed by atoms with Crippen LogP contribution < -0.4 is 0 Å². The van der Waals surface area contributed by atoms with E-state index in [9.17, 15) is 5.11 Å². The Morgan fingerprint density at radius 1 is 1.06 bits per heavy atom. The average Bonchev–Trinajstić information content (AvgIpc) is 2.32. The van der Waals surface area contributed by atoms with E-state index < -0.39 is 0 Å². The van der Waals surface area contributed by atoms with Crippen LogP contribution in [-0.2, 0) is 5.41 Å². The van der Waals surface area contributed by atoms with Crippen molar-refractivity contribution in [1.29, 1.82) is 0 Å². The molecule has 0 aliphatic carbocycles. The molecule has 1 nitrogen and oxygen atoms in total. The predicted molar refractivity (Wildman–Crippen MR) is 69.5 cm³/mol. The van der Waals surface area contributed by atoms with Gasteiger partial charge in [-0.2, -0.15) is 0 Å². The van der Waals surface area contributed by atoms with Crippen LogP contribution in [0.1, 0.15) is 46.1 Å². The Morgan fingerprint density at radius 2 is 1.56 bits per heavy atom. The quantitative estimate of drug-likeness (QED) is 0.801. The zero-order valence-corrected chi connectivity index (χ0v) is 10.9. The fraction of sp³-hybridized carbons (Fsp3) is 0.600. The molecule has 0 spiro atoms. The summed E-state index contributed by atoms with van der Waals surface area (Å²) in [6.45, 7) is 8.52. The molecule has 0 aliphatic heterocycles. The summed E-state index contributed by atoms with van der Waals surface area (Å²) in [5.74, 6) is 0.292. The lowest BCUT2D eigenvalue weighted by Gasteiger charge is -2.39. The van der Waals surface area contributed by atoms with E-state index in [0.29, 0.717) is 5.92 Å². The molecule has 1 aromatic rings. The molecule has 16 heavy (non-hydrogen) atoms. The van der Waals surface area contributed by atoms with Gasteiger partial charge in [0.05, 0.1) is 6.10 Å². The van der Waals surface area contributed by atoms with E-state index in [-0.39, 0.29) is 11.5 Å². The molecule has 1 unspecified atom stereocenters. The lowest BCUT2D eigenvalue weighted by molar-refractivity contribution is 0.0345. The third-order valence-corrected chi connectivity index (χ3v) is 3.81. The van der Waals surface area contributed by atoms with Crippen molar-refractivity contribution in [2.75, 3.05) is 0 Å². The van der Waals surface area contributed by atoms with Gasteiger partial charge in [0.25, 0.3) is 0 Å². The highest BCUT2D eigenvalue weighted by molar-refractivity contribution is 5.27. The van der Waals surface area contributed by atoms with E-state index in [1.807, 2.05) is 6.07 Å². The van der Waals surface area contributed by atoms with Gasteiger partial charge in [0.1, 0.15) is 0 Å². The van der Waals surface area contributed by atoms with Crippen molar-refractivity contribution in [3.05, 3.63) is 35.9 Å². The van der Waals surface area contributed by atoms with Gasteiger partial charge in [-0.1, -0.05) is 58.0 Å². The Morgan fingerprint density at radius 3 is 1.94 bits per heavy atom. The molecule has 90 valence electrons. The highest BCUT2D eigenvalue weighted by Gasteiger charge is 2.37. The van der Waals surface area contributed by atoms with Crippen LogP contribution in [0.3, 0.4) is 0 Å². The molecule has 0 saturated heterocycles. The average molecular weight is 220 g/mol. The molecule has 1 rings (SSSR count). The van der Waals surface area contributed by atoms with Crippen LogP contribution in [-0.4, -0.2) is 11.2 Å². The summed E-state index contributed by atoms with van der Waals surface area (Å²) in [6, 6.07) is 10.4. The summed E-state index contributed by atoms with van der Waals surface area (Å²) in [5, 5.41) is 10.5. The molecule has 0 bridgehead atoms. The SMILES string of the molecule is CCC(CC)(c1ccccc1)C(O)C(C)C. The number of rotatable bonds is 5. The van der Waals surface area contributed by atoms with E-state index in [1.54, 1.807) is 0 Å². The molecule has 0 aromatic heterocycles. The van der Waals surface area contributed by atoms with Crippen molar-refractivity contribution in [2.24, 2.45) is 5.92 Å². The van der Waals surface area contributed by atoms with Gasteiger partial charge in [0.15, 0.2) is 0 Å². The molecular weight excluding hydrogens is 196 g/mol. The molecule has 1 aromatic carbocycles. The normalized spacial score (nSPS) is 14.1. The maximum atomic E-state index is 10.5. The smallest absolute Gasteiger partial charge is 0.0659 e. The van der Waals surface area contributed by atoms with Crippen LogP contribution in [0.2, 0.25) is 0 Å². The summed E-state index contributed by atoms with van der Waals surface area (Å²) >= 11 is 0. The number of aliphatic hydroxyl groups excluding tert-OH is 1. The van der Waals surface area contributed by atoms with Crippen LogP contribution >= 0.6 is 0 Å². The first-order valence-corrected chi connectivity index (χ1v) is 6.32. The molecule has 0 aliphatic rings. The highest BCUT2D eigenvalue weighted by atomic mass is 16.3. The standard InChI is InChI=1S/C15H24O/c1-5-15(6-2,14(16)12(3)4)13-10-8-7-9-11-13/h7-12,14,16H,5-6H2,1-4H3. The van der Waals surface area contributed by atoms with Crippen molar-refractivity contribution in [2.45, 2.75) is 52.1 Å². The summed E-state index contributed by atoms with van der Waals surface area (Å²) < 4.78 is 0. The minimum absolute atomic E-state index is 0.0879. The first kappa shape index (κ1) is 13.2. The maximum absolute atomic E-state index is 10.5. The third kappa shape index (κ3) is 2.30. The topological polar surface area (TPSA) is 20.2 Å². The van der Waals surface area contributed by atoms with E-state index in [1.165, 1.54) is 5.56 Å². The van der Waals surface area contributed by atoms with Gasteiger partial charge in [0.2, 0.25) is 0 Å². The Labute approximate surface area is 99.5 Å². The zero-order valence-electron chi connectivity index (χ0n) is 10.9. The second-order valence-electron chi connectivity index (χ2n) is 4.92. The monoisotopic (exact) mass is 220 g/mol. The van der Waals surface area contributed by atoms with Gasteiger partial charge in [-0.3, -0.25) is 0 Å². The summed E-state index contributed by atoms with van der Waals surface area (Å²) in [7, 11) is 0. The first-order valence-electron chi connectivity index (χ1n) is 6.32. The van der Waals surface area contributed by atoms with Crippen LogP contribution in [0.15, 0.2) is 30.3 Å². The number of aliphatic hydroxyl groups is 1. The lowest BCUT2D eigenvalue weighted by atomic mass is 9.68. The third-order valence-electron chi connectivity index (χ3n) is 3.81. The van der Waals surface area contributed by atoms with Gasteiger partial charge in [-0.05, 0) is 24.3 Å². The molecule has 0 fully saturated rings. The van der Waals surface area contributed by atoms with Crippen LogP contribution in [0.5, 0.6) is 0 Å². The maximum Gasteiger partial charge on any atom is 0.0659 e. The Bertz CT molecular complexity index is 298. The fourth-order valence-electron chi connectivity index (χ4n) is 2.66. The fourth-order valence-corrected chi connectivity index (χ4v) is 2.66. The highest BCUT2D eigenvalue weighted by Crippen LogP contribution is 2.37. The van der Waals surface area contributed by atoms with Crippen molar-refractivity contribution in [3.8, 4) is 0 Å². The Balaban J connectivity index is 3.15. The molecule has 0 heterocycles. The minimum Gasteiger partial charge on any atom is -0.392 e. The van der Waals surface area contributed by atoms with Gasteiger partial charge < -0.3 is 5.11 Å². The van der Waals surface area contributed by atoms with Crippen molar-refractivity contribution in [3.63, 3.8) is 0 Å². The van der Waals surface area contributed by atoms with Crippen molar-refractivity contribution >= 4 is 0 Å². The molecule has 1 heteroatoms. The second-order valence-corrected chi connectivity index (χ2v) is 4.92. The number of hydrogen-bond donors (Lipinski definition) is 1. The van der Waals surface area contributed by atoms with Crippen molar-refractivity contribution in [1.82, 2.24) is 0 Å². The predicted octanol–water partition coefficient (Wildman–Crippen LogP) is 3.76. The minimum atomic E-state index is -0.273. The van der Waals surface area contributed by atoms with Gasteiger partial charge in [-0.15, -0.1) is 0 Å². The molecule has 1 atom stereocenters. The van der Waals surface area contributed by atoms with Crippen LogP contribution in [0, 0.1) is 5.92 Å². The molecule has 0 radical (unpaired) electrons. The molecule has 1 N–H and O–H groups in total. The van der Waals surface area contributed by atoms with E-state index in [0.717, 1.165) is 12.8 Å². The number of benzene rings is 1. The Kier molecular flexibility index (Phi) is 4.55. The van der Waals surface area contributed by atoms with E-state index in [2.05, 4.69) is 52.0 Å². The van der Waals surface area contributed by atoms with Crippen LogP contribution in [0.4, 0.5) is 0 Å². The van der Waals surface area contributed by atoms with E-state index in [4.69, 9.17) is 0 Å². The van der Waals surface area contributed by atoms with Crippen molar-refractivity contribution < 1.29 is 5.11 Å². The summed E-state index contributed by atoms with van der Waals surface area (Å²) in [5.41, 5.74) is 1.18. The van der Waals surface area contributed by atoms with Crippen LogP contribution in [0.25, 0.3) is 0 Å². The molecule has 0 saturated carbocycles. The first-order chi connectivity index (χ1) is 7.58.